The minimum absolute atomic E-state index is 0.590. The third kappa shape index (κ3) is 3.50. The average molecular weight is 224 g/mol. The minimum atomic E-state index is 0.590. The van der Waals surface area contributed by atoms with E-state index in [2.05, 4.69) is 27.7 Å². The van der Waals surface area contributed by atoms with E-state index < -0.39 is 0 Å². The predicted octanol–water partition coefficient (Wildman–Crippen LogP) is 5.81. The second-order valence-corrected chi connectivity index (χ2v) is 6.43. The molecule has 16 heavy (non-hydrogen) atoms. The van der Waals surface area contributed by atoms with Gasteiger partial charge in [0.1, 0.15) is 0 Å². The van der Waals surface area contributed by atoms with Gasteiger partial charge in [-0.05, 0) is 30.1 Å². The van der Waals surface area contributed by atoms with Gasteiger partial charge in [0, 0.05) is 0 Å². The van der Waals surface area contributed by atoms with Gasteiger partial charge >= 0.3 is 0 Å². The summed E-state index contributed by atoms with van der Waals surface area (Å²) < 4.78 is 0. The van der Waals surface area contributed by atoms with Gasteiger partial charge in [0.2, 0.25) is 0 Å². The van der Waals surface area contributed by atoms with E-state index >= 15 is 0 Å². The Bertz CT molecular complexity index is 168. The Hall–Kier alpha value is 0. The van der Waals surface area contributed by atoms with Crippen LogP contribution in [0.2, 0.25) is 0 Å². The lowest BCUT2D eigenvalue weighted by molar-refractivity contribution is 0.0702. The Morgan fingerprint density at radius 2 is 1.44 bits per heavy atom. The molecule has 0 nitrogen and oxygen atoms in total. The zero-order chi connectivity index (χ0) is 12.0. The highest BCUT2D eigenvalue weighted by atomic mass is 14.4. The molecular formula is C16H32. The third-order valence-electron chi connectivity index (χ3n) is 4.98. The van der Waals surface area contributed by atoms with Crippen LogP contribution >= 0.6 is 0 Å². The molecular weight excluding hydrogens is 192 g/mol. The number of hydrogen-bond acceptors (Lipinski definition) is 0. The molecule has 0 aliphatic heterocycles. The predicted molar refractivity (Wildman–Crippen MR) is 73.7 cm³/mol. The van der Waals surface area contributed by atoms with Crippen LogP contribution in [0.25, 0.3) is 0 Å². The maximum absolute atomic E-state index is 2.55. The number of hydrogen-bond donors (Lipinski definition) is 0. The van der Waals surface area contributed by atoms with Crippen LogP contribution in [0, 0.1) is 17.3 Å². The summed E-state index contributed by atoms with van der Waals surface area (Å²) in [5.41, 5.74) is 0.590. The second kappa shape index (κ2) is 6.67. The van der Waals surface area contributed by atoms with Gasteiger partial charge in [-0.3, -0.25) is 0 Å². The molecule has 0 spiro atoms. The van der Waals surface area contributed by atoms with Gasteiger partial charge in [-0.2, -0.15) is 0 Å². The van der Waals surface area contributed by atoms with Gasteiger partial charge in [0.25, 0.3) is 0 Å². The smallest absolute Gasteiger partial charge is 0.0298 e. The first-order valence-electron chi connectivity index (χ1n) is 7.62. The largest absolute Gasteiger partial charge is 0.0654 e. The molecule has 96 valence electrons. The highest BCUT2D eigenvalue weighted by molar-refractivity contribution is 4.86. The van der Waals surface area contributed by atoms with Crippen LogP contribution in [0.5, 0.6) is 0 Å². The fourth-order valence-corrected chi connectivity index (χ4v) is 3.77. The monoisotopic (exact) mass is 224 g/mol. The van der Waals surface area contributed by atoms with Crippen LogP contribution in [-0.2, 0) is 0 Å². The van der Waals surface area contributed by atoms with Crippen molar-refractivity contribution in [1.82, 2.24) is 0 Å². The van der Waals surface area contributed by atoms with Gasteiger partial charge in [-0.15, -0.1) is 0 Å². The molecule has 0 atom stereocenters. The zero-order valence-electron chi connectivity index (χ0n) is 12.0. The van der Waals surface area contributed by atoms with Crippen LogP contribution in [0.3, 0.4) is 0 Å². The maximum atomic E-state index is 2.55. The molecule has 1 saturated carbocycles. The van der Waals surface area contributed by atoms with Gasteiger partial charge in [0.15, 0.2) is 0 Å². The summed E-state index contributed by atoms with van der Waals surface area (Å²) in [4.78, 5) is 0. The molecule has 0 heterocycles. The molecule has 0 radical (unpaired) electrons. The summed E-state index contributed by atoms with van der Waals surface area (Å²) in [5, 5.41) is 0. The molecule has 0 unspecified atom stereocenters. The standard InChI is InChI=1S/C16H32/c1-5-10-14(11-6-2)16(3,4)15-12-8-7-9-13-15/h14-15H,5-13H2,1-4H3. The fourth-order valence-electron chi connectivity index (χ4n) is 3.77. The summed E-state index contributed by atoms with van der Waals surface area (Å²) in [5.74, 6) is 1.97. The normalized spacial score (nSPS) is 19.3. The lowest BCUT2D eigenvalue weighted by Crippen LogP contribution is -2.34. The van der Waals surface area contributed by atoms with Crippen LogP contribution in [-0.4, -0.2) is 0 Å². The number of rotatable bonds is 6. The summed E-state index contributed by atoms with van der Waals surface area (Å²) >= 11 is 0. The van der Waals surface area contributed by atoms with Crippen LogP contribution in [0.4, 0.5) is 0 Å². The highest BCUT2D eigenvalue weighted by Crippen LogP contribution is 2.46. The van der Waals surface area contributed by atoms with Crippen LogP contribution in [0.15, 0.2) is 0 Å². The molecule has 1 fully saturated rings. The first-order valence-corrected chi connectivity index (χ1v) is 7.62. The van der Waals surface area contributed by atoms with Gasteiger partial charge in [-0.25, -0.2) is 0 Å². The van der Waals surface area contributed by atoms with Crippen molar-refractivity contribution in [3.05, 3.63) is 0 Å². The average Bonchev–Trinajstić information content (AvgIpc) is 2.30. The second-order valence-electron chi connectivity index (χ2n) is 6.43. The Morgan fingerprint density at radius 3 is 1.88 bits per heavy atom. The van der Waals surface area contributed by atoms with E-state index in [9.17, 15) is 0 Å². The Morgan fingerprint density at radius 1 is 0.938 bits per heavy atom. The van der Waals surface area contributed by atoms with Gasteiger partial charge < -0.3 is 0 Å². The highest BCUT2D eigenvalue weighted by Gasteiger charge is 2.36. The van der Waals surface area contributed by atoms with E-state index in [0.717, 1.165) is 11.8 Å². The maximum Gasteiger partial charge on any atom is -0.0298 e. The Balaban J connectivity index is 2.61. The molecule has 1 aliphatic carbocycles. The molecule has 1 aliphatic rings. The van der Waals surface area contributed by atoms with E-state index in [1.807, 2.05) is 0 Å². The molecule has 0 heteroatoms. The van der Waals surface area contributed by atoms with Crippen molar-refractivity contribution in [1.29, 1.82) is 0 Å². The topological polar surface area (TPSA) is 0 Å². The Kier molecular flexibility index (Phi) is 5.86. The molecule has 1 rings (SSSR count). The third-order valence-corrected chi connectivity index (χ3v) is 4.98. The van der Waals surface area contributed by atoms with Crippen molar-refractivity contribution in [3.8, 4) is 0 Å². The minimum Gasteiger partial charge on any atom is -0.0654 e. The van der Waals surface area contributed by atoms with Gasteiger partial charge in [0.05, 0.1) is 0 Å². The quantitative estimate of drug-likeness (QED) is 0.534. The van der Waals surface area contributed by atoms with E-state index in [1.54, 1.807) is 0 Å². The molecule has 0 bridgehead atoms. The van der Waals surface area contributed by atoms with Crippen molar-refractivity contribution in [2.24, 2.45) is 17.3 Å². The molecule has 0 saturated heterocycles. The van der Waals surface area contributed by atoms with E-state index in [-0.39, 0.29) is 0 Å². The van der Waals surface area contributed by atoms with Crippen molar-refractivity contribution in [2.45, 2.75) is 85.5 Å². The molecule has 0 amide bonds. The molecule has 0 aromatic carbocycles. The lowest BCUT2D eigenvalue weighted by atomic mass is 9.62. The van der Waals surface area contributed by atoms with Crippen molar-refractivity contribution < 1.29 is 0 Å². The molecule has 0 aromatic heterocycles. The van der Waals surface area contributed by atoms with Crippen molar-refractivity contribution in [3.63, 3.8) is 0 Å². The van der Waals surface area contributed by atoms with Crippen LogP contribution < -0.4 is 0 Å². The first-order chi connectivity index (χ1) is 7.62. The van der Waals surface area contributed by atoms with Crippen molar-refractivity contribution in [2.75, 3.05) is 0 Å². The first kappa shape index (κ1) is 14.1. The Labute approximate surface area is 103 Å². The van der Waals surface area contributed by atoms with E-state index in [1.165, 1.54) is 57.8 Å². The van der Waals surface area contributed by atoms with E-state index in [4.69, 9.17) is 0 Å². The summed E-state index contributed by atoms with van der Waals surface area (Å²) in [7, 11) is 0. The molecule has 0 aromatic rings. The SMILES string of the molecule is CCCC(CCC)C(C)(C)C1CCCCC1. The van der Waals surface area contributed by atoms with Crippen molar-refractivity contribution >= 4 is 0 Å². The summed E-state index contributed by atoms with van der Waals surface area (Å²) in [6, 6.07) is 0. The molecule has 0 N–H and O–H groups in total. The summed E-state index contributed by atoms with van der Waals surface area (Å²) in [6.45, 7) is 9.80. The summed E-state index contributed by atoms with van der Waals surface area (Å²) in [6.07, 6.45) is 13.1. The van der Waals surface area contributed by atoms with Gasteiger partial charge in [-0.1, -0.05) is 72.6 Å². The fraction of sp³-hybridized carbons (Fsp3) is 1.00. The van der Waals surface area contributed by atoms with Crippen LogP contribution in [0.1, 0.15) is 85.5 Å². The zero-order valence-corrected chi connectivity index (χ0v) is 12.0. The van der Waals surface area contributed by atoms with E-state index in [0.29, 0.717) is 5.41 Å². The lowest BCUT2D eigenvalue weighted by Gasteiger charge is -2.43.